The molecule has 1 aromatic carbocycles. The smallest absolute Gasteiger partial charge is 0.490 e. The van der Waals surface area contributed by atoms with Crippen molar-refractivity contribution in [3.05, 3.63) is 36.3 Å². The lowest BCUT2D eigenvalue weighted by atomic mass is 10.1. The van der Waals surface area contributed by atoms with Gasteiger partial charge in [0.1, 0.15) is 24.5 Å². The Bertz CT molecular complexity index is 1180. The number of aryl methyl sites for hydroxylation is 1. The molecule has 1 aliphatic rings. The molecule has 188 valence electrons. The van der Waals surface area contributed by atoms with Gasteiger partial charge in [-0.3, -0.25) is 4.68 Å². The first-order valence-electron chi connectivity index (χ1n) is 10.3. The number of anilines is 2. The molecule has 0 bridgehead atoms. The van der Waals surface area contributed by atoms with E-state index in [2.05, 4.69) is 36.3 Å². The van der Waals surface area contributed by atoms with E-state index >= 15 is 0 Å². The minimum atomic E-state index is -5.08. The van der Waals surface area contributed by atoms with Gasteiger partial charge < -0.3 is 31.1 Å². The topological polar surface area (TPSA) is 155 Å². The van der Waals surface area contributed by atoms with Crippen LogP contribution in [0.25, 0.3) is 11.0 Å². The fraction of sp³-hybridized carbons (Fsp3) is 0.350. The van der Waals surface area contributed by atoms with Crippen molar-refractivity contribution in [2.75, 3.05) is 36.9 Å². The first-order valence-corrected chi connectivity index (χ1v) is 10.3. The van der Waals surface area contributed by atoms with E-state index in [1.807, 2.05) is 25.2 Å². The number of aromatic nitrogens is 4. The largest absolute Gasteiger partial charge is 0.492 e. The van der Waals surface area contributed by atoms with Crippen LogP contribution < -0.4 is 26.0 Å². The normalized spacial score (nSPS) is 12.9. The minimum Gasteiger partial charge on any atom is -0.492 e. The molecule has 3 aromatic rings. The lowest BCUT2D eigenvalue weighted by molar-refractivity contribution is -0.192. The van der Waals surface area contributed by atoms with Gasteiger partial charge in [0, 0.05) is 44.5 Å². The van der Waals surface area contributed by atoms with Crippen molar-refractivity contribution < 1.29 is 32.6 Å². The molecule has 0 saturated heterocycles. The molecule has 0 aliphatic carbocycles. The SMILES string of the molecule is Cn1ncc2c(NCCNC(=O)Nc3ccc4c(c3)CNCCO4)ncnc21.O=C(O)C(F)(F)F. The average molecular weight is 496 g/mol. The number of benzene rings is 1. The second kappa shape index (κ2) is 11.3. The summed E-state index contributed by atoms with van der Waals surface area (Å²) in [6, 6.07) is 5.37. The van der Waals surface area contributed by atoms with Gasteiger partial charge in [0.15, 0.2) is 5.65 Å². The number of carboxylic acid groups (broad SMARTS) is 1. The van der Waals surface area contributed by atoms with Gasteiger partial charge in [-0.2, -0.15) is 18.3 Å². The van der Waals surface area contributed by atoms with Gasteiger partial charge >= 0.3 is 18.2 Å². The zero-order valence-electron chi connectivity index (χ0n) is 18.5. The van der Waals surface area contributed by atoms with E-state index in [0.717, 1.165) is 41.1 Å². The number of rotatable bonds is 5. The predicted octanol–water partition coefficient (Wildman–Crippen LogP) is 1.71. The number of hydrogen-bond donors (Lipinski definition) is 5. The number of fused-ring (bicyclic) bond motifs is 2. The maximum absolute atomic E-state index is 12.1. The van der Waals surface area contributed by atoms with Crippen molar-refractivity contribution in [1.29, 1.82) is 0 Å². The van der Waals surface area contributed by atoms with E-state index in [1.165, 1.54) is 6.33 Å². The standard InChI is InChI=1S/C18H22N8O2.C2HF3O2/c1-26-17-14(10-24-26)16(22-11-23-17)20-4-5-21-18(27)25-13-2-3-15-12(8-13)9-19-6-7-28-15;3-2(4,5)1(6)7/h2-3,8,10-11,19H,4-7,9H2,1H3,(H,20,22,23)(H2,21,25,27);(H,6,7). The van der Waals surface area contributed by atoms with Crippen molar-refractivity contribution in [2.24, 2.45) is 7.05 Å². The quantitative estimate of drug-likeness (QED) is 0.332. The van der Waals surface area contributed by atoms with Gasteiger partial charge in [-0.1, -0.05) is 0 Å². The summed E-state index contributed by atoms with van der Waals surface area (Å²) < 4.78 is 39.1. The van der Waals surface area contributed by atoms with Gasteiger partial charge in [-0.15, -0.1) is 0 Å². The van der Waals surface area contributed by atoms with Gasteiger partial charge in [0.2, 0.25) is 0 Å². The van der Waals surface area contributed by atoms with E-state index in [9.17, 15) is 18.0 Å². The van der Waals surface area contributed by atoms with Crippen LogP contribution in [0.2, 0.25) is 0 Å². The molecular formula is C20H23F3N8O4. The molecule has 1 aliphatic heterocycles. The molecule has 0 radical (unpaired) electrons. The molecule has 4 rings (SSSR count). The second-order valence-electron chi connectivity index (χ2n) is 7.19. The lowest BCUT2D eigenvalue weighted by Crippen LogP contribution is -2.32. The second-order valence-corrected chi connectivity index (χ2v) is 7.19. The van der Waals surface area contributed by atoms with Crippen molar-refractivity contribution in [3.8, 4) is 5.75 Å². The molecule has 0 spiro atoms. The number of carbonyl (C=O) groups is 2. The van der Waals surface area contributed by atoms with Crippen molar-refractivity contribution in [3.63, 3.8) is 0 Å². The molecule has 2 aromatic heterocycles. The fourth-order valence-corrected chi connectivity index (χ4v) is 3.03. The Morgan fingerprint density at radius 1 is 1.26 bits per heavy atom. The fourth-order valence-electron chi connectivity index (χ4n) is 3.03. The van der Waals surface area contributed by atoms with Crippen LogP contribution in [0.3, 0.4) is 0 Å². The van der Waals surface area contributed by atoms with E-state index in [1.54, 1.807) is 10.9 Å². The van der Waals surface area contributed by atoms with E-state index in [0.29, 0.717) is 25.5 Å². The molecule has 3 heterocycles. The van der Waals surface area contributed by atoms with Gasteiger partial charge in [0.25, 0.3) is 0 Å². The third-order valence-electron chi connectivity index (χ3n) is 4.65. The molecule has 35 heavy (non-hydrogen) atoms. The molecule has 0 atom stereocenters. The van der Waals surface area contributed by atoms with E-state index < -0.39 is 12.1 Å². The lowest BCUT2D eigenvalue weighted by Gasteiger charge is -2.11. The summed E-state index contributed by atoms with van der Waals surface area (Å²) in [6.07, 6.45) is -1.88. The summed E-state index contributed by atoms with van der Waals surface area (Å²) in [5.74, 6) is -1.21. The van der Waals surface area contributed by atoms with Crippen LogP contribution in [-0.2, 0) is 18.4 Å². The van der Waals surface area contributed by atoms with Crippen LogP contribution in [0.4, 0.5) is 29.5 Å². The Morgan fingerprint density at radius 3 is 2.77 bits per heavy atom. The molecule has 15 heteroatoms. The Balaban J connectivity index is 0.000000429. The average Bonchev–Trinajstić information content (AvgIpc) is 3.03. The molecule has 2 amide bonds. The van der Waals surface area contributed by atoms with Crippen LogP contribution in [-0.4, -0.2) is 69.3 Å². The number of nitrogens with one attached hydrogen (secondary N) is 4. The molecule has 12 nitrogen and oxygen atoms in total. The maximum Gasteiger partial charge on any atom is 0.490 e. The number of ether oxygens (including phenoxy) is 1. The summed E-state index contributed by atoms with van der Waals surface area (Å²) >= 11 is 0. The molecule has 5 N–H and O–H groups in total. The van der Waals surface area contributed by atoms with Crippen molar-refractivity contribution in [1.82, 2.24) is 30.4 Å². The summed E-state index contributed by atoms with van der Waals surface area (Å²) in [5.41, 5.74) is 2.51. The monoisotopic (exact) mass is 496 g/mol. The molecule has 0 fully saturated rings. The highest BCUT2D eigenvalue weighted by atomic mass is 19.4. The zero-order chi connectivity index (χ0) is 25.4. The Morgan fingerprint density at radius 2 is 2.03 bits per heavy atom. The highest BCUT2D eigenvalue weighted by molar-refractivity contribution is 5.89. The minimum absolute atomic E-state index is 0.265. The molecular weight excluding hydrogens is 473 g/mol. The number of alkyl halides is 3. The highest BCUT2D eigenvalue weighted by Crippen LogP contribution is 2.24. The maximum atomic E-state index is 12.1. The number of carboxylic acids is 1. The van der Waals surface area contributed by atoms with E-state index in [4.69, 9.17) is 14.6 Å². The number of aliphatic carboxylic acids is 1. The Hall–Kier alpha value is -4.14. The number of hydrogen-bond acceptors (Lipinski definition) is 8. The first kappa shape index (κ1) is 25.5. The number of urea groups is 1. The molecule has 0 unspecified atom stereocenters. The predicted molar refractivity (Wildman–Crippen MR) is 119 cm³/mol. The number of carbonyl (C=O) groups excluding carboxylic acids is 1. The Labute approximate surface area is 196 Å². The summed E-state index contributed by atoms with van der Waals surface area (Å²) in [4.78, 5) is 29.5. The van der Waals surface area contributed by atoms with Gasteiger partial charge in [0.05, 0.1) is 11.6 Å². The highest BCUT2D eigenvalue weighted by Gasteiger charge is 2.38. The third kappa shape index (κ3) is 7.17. The van der Waals surface area contributed by atoms with E-state index in [-0.39, 0.29) is 6.03 Å². The van der Waals surface area contributed by atoms with Gasteiger partial charge in [-0.05, 0) is 18.2 Å². The summed E-state index contributed by atoms with van der Waals surface area (Å²) in [5, 5.41) is 24.3. The first-order chi connectivity index (χ1) is 16.6. The van der Waals surface area contributed by atoms with Crippen LogP contribution >= 0.6 is 0 Å². The number of amides is 2. The van der Waals surface area contributed by atoms with Crippen molar-refractivity contribution in [2.45, 2.75) is 12.7 Å². The Kier molecular flexibility index (Phi) is 8.25. The number of halogens is 3. The van der Waals surface area contributed by atoms with Crippen LogP contribution in [0, 0.1) is 0 Å². The zero-order valence-corrected chi connectivity index (χ0v) is 18.5. The molecule has 0 saturated carbocycles. The third-order valence-corrected chi connectivity index (χ3v) is 4.65. The number of nitrogens with zero attached hydrogens (tertiary/aromatic N) is 4. The van der Waals surface area contributed by atoms with Crippen LogP contribution in [0.15, 0.2) is 30.7 Å². The van der Waals surface area contributed by atoms with Crippen molar-refractivity contribution >= 4 is 34.5 Å². The van der Waals surface area contributed by atoms with Crippen LogP contribution in [0.5, 0.6) is 5.75 Å². The summed E-state index contributed by atoms with van der Waals surface area (Å²) in [7, 11) is 1.83. The van der Waals surface area contributed by atoms with Gasteiger partial charge in [-0.25, -0.2) is 19.6 Å². The van der Waals surface area contributed by atoms with Crippen LogP contribution in [0.1, 0.15) is 5.56 Å². The summed E-state index contributed by atoms with van der Waals surface area (Å²) in [6.45, 7) is 3.13.